The Bertz CT molecular complexity index is 732. The highest BCUT2D eigenvalue weighted by Gasteiger charge is 2.33. The summed E-state index contributed by atoms with van der Waals surface area (Å²) in [5.41, 5.74) is 3.43. The number of morpholine rings is 1. The molecule has 0 amide bonds. The van der Waals surface area contributed by atoms with E-state index in [1.807, 2.05) is 17.7 Å². The molecule has 1 aromatic rings. The monoisotopic (exact) mass is 383 g/mol. The van der Waals surface area contributed by atoms with Crippen molar-refractivity contribution in [3.63, 3.8) is 0 Å². The average molecular weight is 384 g/mol. The van der Waals surface area contributed by atoms with Crippen molar-refractivity contribution in [1.29, 1.82) is 0 Å². The Labute approximate surface area is 156 Å². The first-order chi connectivity index (χ1) is 12.4. The van der Waals surface area contributed by atoms with E-state index in [1.165, 1.54) is 5.56 Å². The lowest BCUT2D eigenvalue weighted by atomic mass is 10.1. The summed E-state index contributed by atoms with van der Waals surface area (Å²) >= 11 is 0. The second-order valence-corrected chi connectivity index (χ2v) is 8.74. The molecule has 8 nitrogen and oxygen atoms in total. The lowest BCUT2D eigenvalue weighted by Crippen LogP contribution is -2.54. The van der Waals surface area contributed by atoms with Crippen LogP contribution in [0.3, 0.4) is 0 Å². The predicted octanol–water partition coefficient (Wildman–Crippen LogP) is 0.381. The van der Waals surface area contributed by atoms with E-state index in [9.17, 15) is 8.42 Å². The summed E-state index contributed by atoms with van der Waals surface area (Å²) in [6.45, 7) is 13.8. The second-order valence-electron chi connectivity index (χ2n) is 6.81. The number of nitrogens with zero attached hydrogens (tertiary/aromatic N) is 5. The quantitative estimate of drug-likeness (QED) is 0.664. The van der Waals surface area contributed by atoms with Crippen molar-refractivity contribution >= 4 is 10.2 Å². The van der Waals surface area contributed by atoms with Crippen LogP contribution < -0.4 is 0 Å². The van der Waals surface area contributed by atoms with Crippen molar-refractivity contribution in [3.8, 4) is 0 Å². The summed E-state index contributed by atoms with van der Waals surface area (Å²) in [6.07, 6.45) is 1.85. The van der Waals surface area contributed by atoms with Crippen LogP contribution in [-0.4, -0.2) is 84.2 Å². The molecule has 26 heavy (non-hydrogen) atoms. The molecule has 2 saturated heterocycles. The largest absolute Gasteiger partial charge is 0.379 e. The Balaban J connectivity index is 1.60. The van der Waals surface area contributed by atoms with Gasteiger partial charge in [0.1, 0.15) is 0 Å². The SMILES string of the molecule is C=CCn1nc(C)c(CN2CCN(S(=O)(=O)N3CCOCC3)CC2)c1C. The topological polar surface area (TPSA) is 70.9 Å². The van der Waals surface area contributed by atoms with Crippen LogP contribution in [0.15, 0.2) is 12.7 Å². The summed E-state index contributed by atoms with van der Waals surface area (Å²) in [6, 6.07) is 0. The number of aromatic nitrogens is 2. The number of allylic oxidation sites excluding steroid dienone is 1. The smallest absolute Gasteiger partial charge is 0.282 e. The van der Waals surface area contributed by atoms with E-state index in [1.54, 1.807) is 8.61 Å². The zero-order chi connectivity index (χ0) is 18.7. The molecule has 1 aromatic heterocycles. The van der Waals surface area contributed by atoms with Gasteiger partial charge in [0.05, 0.1) is 25.5 Å². The van der Waals surface area contributed by atoms with E-state index < -0.39 is 10.2 Å². The van der Waals surface area contributed by atoms with Crippen molar-refractivity contribution in [2.45, 2.75) is 26.9 Å². The maximum atomic E-state index is 12.7. The number of hydrogen-bond acceptors (Lipinski definition) is 5. The molecule has 0 bridgehead atoms. The van der Waals surface area contributed by atoms with E-state index in [4.69, 9.17) is 4.74 Å². The van der Waals surface area contributed by atoms with Gasteiger partial charge in [0.15, 0.2) is 0 Å². The molecular weight excluding hydrogens is 354 g/mol. The fraction of sp³-hybridized carbons (Fsp3) is 0.706. The van der Waals surface area contributed by atoms with Gasteiger partial charge in [-0.2, -0.15) is 22.1 Å². The van der Waals surface area contributed by atoms with E-state index >= 15 is 0 Å². The van der Waals surface area contributed by atoms with E-state index in [0.717, 1.165) is 31.0 Å². The molecule has 0 spiro atoms. The highest BCUT2D eigenvalue weighted by atomic mass is 32.2. The molecule has 2 aliphatic heterocycles. The molecule has 0 aliphatic carbocycles. The lowest BCUT2D eigenvalue weighted by molar-refractivity contribution is 0.0684. The molecular formula is C17H29N5O3S. The molecule has 0 radical (unpaired) electrons. The van der Waals surface area contributed by atoms with Crippen molar-refractivity contribution in [3.05, 3.63) is 29.6 Å². The van der Waals surface area contributed by atoms with E-state index in [2.05, 4.69) is 23.5 Å². The zero-order valence-electron chi connectivity index (χ0n) is 15.7. The van der Waals surface area contributed by atoms with Crippen molar-refractivity contribution in [1.82, 2.24) is 23.3 Å². The molecule has 2 fully saturated rings. The van der Waals surface area contributed by atoms with Crippen molar-refractivity contribution in [2.24, 2.45) is 0 Å². The summed E-state index contributed by atoms with van der Waals surface area (Å²) in [5.74, 6) is 0. The maximum absolute atomic E-state index is 12.7. The minimum Gasteiger partial charge on any atom is -0.379 e. The van der Waals surface area contributed by atoms with Gasteiger partial charge < -0.3 is 4.74 Å². The average Bonchev–Trinajstić information content (AvgIpc) is 2.91. The van der Waals surface area contributed by atoms with Crippen molar-refractivity contribution < 1.29 is 13.2 Å². The standard InChI is InChI=1S/C17H29N5O3S/c1-4-5-22-16(3)17(15(2)18-22)14-19-6-8-20(9-7-19)26(23,24)21-10-12-25-13-11-21/h4H,1,5-14H2,2-3H3. The first-order valence-corrected chi connectivity index (χ1v) is 10.5. The van der Waals surface area contributed by atoms with Gasteiger partial charge in [-0.15, -0.1) is 6.58 Å². The normalized spacial score (nSPS) is 21.2. The molecule has 3 rings (SSSR count). The van der Waals surface area contributed by atoms with Gasteiger partial charge in [0.25, 0.3) is 10.2 Å². The highest BCUT2D eigenvalue weighted by molar-refractivity contribution is 7.86. The van der Waals surface area contributed by atoms with Crippen LogP contribution >= 0.6 is 0 Å². The Kier molecular flexibility index (Phi) is 6.13. The third kappa shape index (κ3) is 4.01. The zero-order valence-corrected chi connectivity index (χ0v) is 16.5. The summed E-state index contributed by atoms with van der Waals surface area (Å²) in [5, 5.41) is 4.57. The summed E-state index contributed by atoms with van der Waals surface area (Å²) < 4.78 is 35.9. The van der Waals surface area contributed by atoms with Crippen LogP contribution in [0.25, 0.3) is 0 Å². The van der Waals surface area contributed by atoms with Gasteiger partial charge >= 0.3 is 0 Å². The van der Waals surface area contributed by atoms with E-state index in [-0.39, 0.29) is 0 Å². The first kappa shape index (κ1) is 19.5. The molecule has 0 atom stereocenters. The molecule has 9 heteroatoms. The fourth-order valence-electron chi connectivity index (χ4n) is 3.55. The fourth-order valence-corrected chi connectivity index (χ4v) is 5.11. The van der Waals surface area contributed by atoms with Crippen LogP contribution in [0.5, 0.6) is 0 Å². The molecule has 146 valence electrons. The van der Waals surface area contributed by atoms with Crippen molar-refractivity contribution in [2.75, 3.05) is 52.5 Å². The second kappa shape index (κ2) is 8.18. The Morgan fingerprint density at radius 2 is 1.69 bits per heavy atom. The highest BCUT2D eigenvalue weighted by Crippen LogP contribution is 2.19. The van der Waals surface area contributed by atoms with Crippen LogP contribution in [0, 0.1) is 13.8 Å². The molecule has 0 saturated carbocycles. The minimum absolute atomic E-state index is 0.448. The lowest BCUT2D eigenvalue weighted by Gasteiger charge is -2.37. The Hall–Kier alpha value is -1.26. The van der Waals surface area contributed by atoms with Crippen LogP contribution in [0.1, 0.15) is 17.0 Å². The number of aryl methyl sites for hydroxylation is 1. The number of piperazine rings is 1. The molecule has 0 aromatic carbocycles. The third-order valence-electron chi connectivity index (χ3n) is 5.17. The minimum atomic E-state index is -3.37. The Morgan fingerprint density at radius 3 is 2.31 bits per heavy atom. The number of rotatable bonds is 6. The van der Waals surface area contributed by atoms with Gasteiger partial charge in [-0.25, -0.2) is 0 Å². The molecule has 3 heterocycles. The van der Waals surface area contributed by atoms with E-state index in [0.29, 0.717) is 45.9 Å². The van der Waals surface area contributed by atoms with Gasteiger partial charge in [-0.3, -0.25) is 9.58 Å². The van der Waals surface area contributed by atoms with Crippen LogP contribution in [0.4, 0.5) is 0 Å². The van der Waals surface area contributed by atoms with Crippen LogP contribution in [0.2, 0.25) is 0 Å². The molecule has 2 aliphatic rings. The third-order valence-corrected chi connectivity index (χ3v) is 7.20. The maximum Gasteiger partial charge on any atom is 0.282 e. The first-order valence-electron chi connectivity index (χ1n) is 9.12. The van der Waals surface area contributed by atoms with Gasteiger partial charge in [0, 0.05) is 57.1 Å². The van der Waals surface area contributed by atoms with Gasteiger partial charge in [-0.05, 0) is 13.8 Å². The van der Waals surface area contributed by atoms with Gasteiger partial charge in [-0.1, -0.05) is 6.08 Å². The molecule has 0 unspecified atom stereocenters. The summed E-state index contributed by atoms with van der Waals surface area (Å²) in [4.78, 5) is 2.31. The number of hydrogen-bond donors (Lipinski definition) is 0. The van der Waals surface area contributed by atoms with Crippen LogP contribution in [-0.2, 0) is 28.0 Å². The number of ether oxygens (including phenoxy) is 1. The summed E-state index contributed by atoms with van der Waals surface area (Å²) in [7, 11) is -3.37. The Morgan fingerprint density at radius 1 is 1.08 bits per heavy atom. The van der Waals surface area contributed by atoms with Gasteiger partial charge in [0.2, 0.25) is 0 Å². The molecule has 0 N–H and O–H groups in total. The predicted molar refractivity (Wildman–Crippen MR) is 100 cm³/mol.